The molecule has 5 nitrogen and oxygen atoms in total. The van der Waals surface area contributed by atoms with Gasteiger partial charge in [0.25, 0.3) is 0 Å². The van der Waals surface area contributed by atoms with E-state index in [1.54, 1.807) is 7.11 Å². The maximum absolute atomic E-state index is 12.8. The van der Waals surface area contributed by atoms with Crippen LogP contribution in [0.3, 0.4) is 0 Å². The summed E-state index contributed by atoms with van der Waals surface area (Å²) in [6.45, 7) is 1.02. The molecule has 0 unspecified atom stereocenters. The summed E-state index contributed by atoms with van der Waals surface area (Å²) in [5.74, 6) is 0.889. The number of likely N-dealkylation sites (tertiary alicyclic amines) is 1. The van der Waals surface area contributed by atoms with Crippen LogP contribution in [0.4, 0.5) is 17.6 Å². The molecule has 1 N–H and O–H groups in total. The lowest BCUT2D eigenvalue weighted by molar-refractivity contribution is -0.124. The molecule has 2 aliphatic rings. The van der Waals surface area contributed by atoms with Crippen LogP contribution in [-0.2, 0) is 13.0 Å². The van der Waals surface area contributed by atoms with Crippen molar-refractivity contribution in [3.8, 4) is 5.75 Å². The van der Waals surface area contributed by atoms with Gasteiger partial charge >= 0.3 is 6.18 Å². The number of benzene rings is 1. The zero-order valence-corrected chi connectivity index (χ0v) is 20.2. The fraction of sp³-hybridized carbons (Fsp3) is 0.444. The number of rotatable bonds is 8. The van der Waals surface area contributed by atoms with Gasteiger partial charge in [-0.25, -0.2) is 4.98 Å². The Balaban J connectivity index is 1.50. The summed E-state index contributed by atoms with van der Waals surface area (Å²) in [4.78, 5) is 6.96. The van der Waals surface area contributed by atoms with Crippen LogP contribution in [0, 0.1) is 5.92 Å². The number of methoxy groups -OCH3 is 1. The molecular weight excluding hydrogens is 472 g/mol. The van der Waals surface area contributed by atoms with Crippen LogP contribution in [0.15, 0.2) is 48.3 Å². The lowest BCUT2D eigenvalue weighted by Gasteiger charge is -2.37. The molecule has 5 rings (SSSR count). The van der Waals surface area contributed by atoms with Crippen LogP contribution in [-0.4, -0.2) is 60.4 Å². The van der Waals surface area contributed by atoms with Crippen molar-refractivity contribution in [2.75, 3.05) is 40.0 Å². The number of hydrogen-bond donors (Lipinski definition) is 1. The third-order valence-corrected chi connectivity index (χ3v) is 6.96. The van der Waals surface area contributed by atoms with E-state index in [0.717, 1.165) is 70.9 Å². The predicted molar refractivity (Wildman–Crippen MR) is 131 cm³/mol. The standard InChI is InChI=1S/C27H30F4N4O/c1-36-23-5-6-24-19(9-23)3-2-4-21(12-32-17-27(29,30)31)26(24)20-7-8-35-16-22(33-25(35)10-20)15-34-13-18(11-28)14-34/h5-10,16,18,32H,2-4,11-15,17H2,1H3. The van der Waals surface area contributed by atoms with Gasteiger partial charge in [-0.1, -0.05) is 6.07 Å². The molecular formula is C27H30F4N4O. The summed E-state index contributed by atoms with van der Waals surface area (Å²) in [5.41, 5.74) is 6.68. The third kappa shape index (κ3) is 5.42. The molecule has 1 saturated heterocycles. The first kappa shape index (κ1) is 24.8. The maximum Gasteiger partial charge on any atom is 0.401 e. The summed E-state index contributed by atoms with van der Waals surface area (Å²) in [7, 11) is 1.63. The van der Waals surface area contributed by atoms with E-state index in [4.69, 9.17) is 9.72 Å². The van der Waals surface area contributed by atoms with Crippen molar-refractivity contribution in [3.63, 3.8) is 0 Å². The smallest absolute Gasteiger partial charge is 0.401 e. The molecule has 0 radical (unpaired) electrons. The van der Waals surface area contributed by atoms with Crippen molar-refractivity contribution in [3.05, 3.63) is 70.7 Å². The van der Waals surface area contributed by atoms with Crippen LogP contribution < -0.4 is 10.1 Å². The zero-order chi connectivity index (χ0) is 25.3. The summed E-state index contributed by atoms with van der Waals surface area (Å²) in [5, 5.41) is 2.60. The molecule has 192 valence electrons. The van der Waals surface area contributed by atoms with Crippen molar-refractivity contribution in [2.45, 2.75) is 32.0 Å². The van der Waals surface area contributed by atoms with E-state index in [0.29, 0.717) is 13.0 Å². The highest BCUT2D eigenvalue weighted by Crippen LogP contribution is 2.37. The zero-order valence-electron chi connectivity index (χ0n) is 20.2. The van der Waals surface area contributed by atoms with Crippen LogP contribution in [0.2, 0.25) is 0 Å². The number of imidazole rings is 1. The minimum absolute atomic E-state index is 0.124. The van der Waals surface area contributed by atoms with Gasteiger partial charge in [0.15, 0.2) is 0 Å². The highest BCUT2D eigenvalue weighted by Gasteiger charge is 2.28. The number of ether oxygens (including phenoxy) is 1. The molecule has 0 amide bonds. The molecule has 0 saturated carbocycles. The second-order valence-electron chi connectivity index (χ2n) is 9.70. The maximum atomic E-state index is 12.8. The van der Waals surface area contributed by atoms with Gasteiger partial charge in [0.1, 0.15) is 11.4 Å². The Labute approximate surface area is 207 Å². The van der Waals surface area contributed by atoms with E-state index in [1.807, 2.05) is 47.1 Å². The van der Waals surface area contributed by atoms with Gasteiger partial charge in [-0.2, -0.15) is 13.2 Å². The second kappa shape index (κ2) is 10.2. The number of aryl methyl sites for hydroxylation is 1. The normalized spacial score (nSPS) is 17.2. The number of hydrogen-bond acceptors (Lipinski definition) is 4. The lowest BCUT2D eigenvalue weighted by atomic mass is 9.91. The summed E-state index contributed by atoms with van der Waals surface area (Å²) in [6, 6.07) is 9.92. The van der Waals surface area contributed by atoms with E-state index in [1.165, 1.54) is 0 Å². The van der Waals surface area contributed by atoms with Gasteiger partial charge in [0, 0.05) is 44.5 Å². The molecule has 0 atom stereocenters. The molecule has 36 heavy (non-hydrogen) atoms. The topological polar surface area (TPSA) is 41.8 Å². The third-order valence-electron chi connectivity index (χ3n) is 6.96. The average Bonchev–Trinajstić information content (AvgIpc) is 3.13. The van der Waals surface area contributed by atoms with Crippen molar-refractivity contribution >= 4 is 11.2 Å². The number of nitrogens with one attached hydrogen (secondary N) is 1. The number of fused-ring (bicyclic) bond motifs is 2. The Hall–Kier alpha value is -2.91. The van der Waals surface area contributed by atoms with Crippen LogP contribution in [0.25, 0.3) is 11.2 Å². The monoisotopic (exact) mass is 502 g/mol. The van der Waals surface area contributed by atoms with Crippen molar-refractivity contribution in [2.24, 2.45) is 5.92 Å². The number of alkyl halides is 4. The molecule has 3 aromatic rings. The fourth-order valence-electron chi connectivity index (χ4n) is 5.25. The van der Waals surface area contributed by atoms with Crippen LogP contribution >= 0.6 is 0 Å². The number of nitrogens with zero attached hydrogens (tertiary/aromatic N) is 3. The molecule has 1 aromatic carbocycles. The van der Waals surface area contributed by atoms with Crippen molar-refractivity contribution in [1.82, 2.24) is 19.6 Å². The van der Waals surface area contributed by atoms with Gasteiger partial charge in [0.2, 0.25) is 0 Å². The fourth-order valence-corrected chi connectivity index (χ4v) is 5.25. The van der Waals surface area contributed by atoms with E-state index in [-0.39, 0.29) is 19.1 Å². The van der Waals surface area contributed by atoms with Crippen molar-refractivity contribution < 1.29 is 22.3 Å². The largest absolute Gasteiger partial charge is 0.497 e. The summed E-state index contributed by atoms with van der Waals surface area (Å²) in [6.07, 6.45) is 2.04. The quantitative estimate of drug-likeness (QED) is 0.439. The molecule has 0 spiro atoms. The highest BCUT2D eigenvalue weighted by molar-refractivity contribution is 5.85. The van der Waals surface area contributed by atoms with Crippen molar-refractivity contribution in [1.29, 1.82) is 0 Å². The highest BCUT2D eigenvalue weighted by atomic mass is 19.4. The molecule has 0 bridgehead atoms. The molecule has 1 aliphatic heterocycles. The Morgan fingerprint density at radius 3 is 2.72 bits per heavy atom. The lowest BCUT2D eigenvalue weighted by Crippen LogP contribution is -2.46. The van der Waals surface area contributed by atoms with E-state index >= 15 is 0 Å². The van der Waals surface area contributed by atoms with Gasteiger partial charge in [-0.05, 0) is 71.4 Å². The Morgan fingerprint density at radius 1 is 1.14 bits per heavy atom. The molecule has 1 aliphatic carbocycles. The summed E-state index contributed by atoms with van der Waals surface area (Å²) >= 11 is 0. The minimum atomic E-state index is -4.26. The molecule has 1 fully saturated rings. The summed E-state index contributed by atoms with van der Waals surface area (Å²) < 4.78 is 58.7. The van der Waals surface area contributed by atoms with E-state index in [2.05, 4.69) is 10.2 Å². The predicted octanol–water partition coefficient (Wildman–Crippen LogP) is 5.03. The van der Waals surface area contributed by atoms with Gasteiger partial charge < -0.3 is 14.5 Å². The molecule has 2 aromatic heterocycles. The average molecular weight is 503 g/mol. The number of halogens is 4. The van der Waals surface area contributed by atoms with Crippen LogP contribution in [0.1, 0.15) is 35.2 Å². The second-order valence-corrected chi connectivity index (χ2v) is 9.70. The molecule has 3 heterocycles. The first-order valence-corrected chi connectivity index (χ1v) is 12.3. The van der Waals surface area contributed by atoms with Gasteiger partial charge in [0.05, 0.1) is 26.0 Å². The first-order valence-electron chi connectivity index (χ1n) is 12.3. The number of pyridine rings is 1. The Morgan fingerprint density at radius 2 is 1.97 bits per heavy atom. The van der Waals surface area contributed by atoms with Gasteiger partial charge in [-0.15, -0.1) is 0 Å². The minimum Gasteiger partial charge on any atom is -0.497 e. The number of aromatic nitrogens is 2. The Bertz CT molecular complexity index is 1260. The SMILES string of the molecule is COc1ccc2c(c1)CCCC(CNCC(F)(F)F)=C2c1ccn2cc(CN3CC(CF)C3)nc2c1. The van der Waals surface area contributed by atoms with E-state index < -0.39 is 12.7 Å². The van der Waals surface area contributed by atoms with E-state index in [9.17, 15) is 17.6 Å². The first-order chi connectivity index (χ1) is 17.3. The molecule has 9 heteroatoms. The van der Waals surface area contributed by atoms with Crippen LogP contribution in [0.5, 0.6) is 5.75 Å². The van der Waals surface area contributed by atoms with Gasteiger partial charge in [-0.3, -0.25) is 9.29 Å². The Kier molecular flexibility index (Phi) is 7.03.